The molecule has 8 heteroatoms. The van der Waals surface area contributed by atoms with Crippen LogP contribution < -0.4 is 9.62 Å². The molecule has 2 rings (SSSR count). The van der Waals surface area contributed by atoms with E-state index in [2.05, 4.69) is 4.72 Å². The van der Waals surface area contributed by atoms with Crippen LogP contribution in [0.25, 0.3) is 0 Å². The lowest BCUT2D eigenvalue weighted by Crippen LogP contribution is -2.39. The number of sulfonamides is 1. The van der Waals surface area contributed by atoms with Crippen molar-refractivity contribution in [3.8, 4) is 6.07 Å². The summed E-state index contributed by atoms with van der Waals surface area (Å²) in [5.41, 5.74) is -0.0761. The maximum atomic E-state index is 15.0. The van der Waals surface area contributed by atoms with Gasteiger partial charge in [0.05, 0.1) is 16.9 Å². The lowest BCUT2D eigenvalue weighted by atomic mass is 9.98. The minimum Gasteiger partial charge on any atom is -0.284 e. The van der Waals surface area contributed by atoms with E-state index in [1.165, 1.54) is 37.8 Å². The Morgan fingerprint density at radius 3 is 2.07 bits per heavy atom. The van der Waals surface area contributed by atoms with Gasteiger partial charge in [-0.15, -0.1) is 0 Å². The largest absolute Gasteiger partial charge is 0.284 e. The average molecular weight is 403 g/mol. The van der Waals surface area contributed by atoms with Crippen LogP contribution in [0, 0.1) is 11.3 Å². The quantitative estimate of drug-likeness (QED) is 0.684. The second kappa shape index (κ2) is 8.50. The Balaban J connectivity index is 2.20. The molecule has 0 radical (unpaired) electrons. The number of benzene rings is 2. The number of hydrogen-bond donors (Lipinski definition) is 1. The number of nitrogens with zero attached hydrogens (tertiary/aromatic N) is 2. The molecule has 0 aromatic heterocycles. The second-order valence-electron chi connectivity index (χ2n) is 6.79. The van der Waals surface area contributed by atoms with Crippen LogP contribution >= 0.6 is 0 Å². The first-order valence-electron chi connectivity index (χ1n) is 8.63. The van der Waals surface area contributed by atoms with Crippen LogP contribution in [-0.2, 0) is 20.5 Å². The van der Waals surface area contributed by atoms with Crippen LogP contribution in [0.4, 0.5) is 15.8 Å². The van der Waals surface area contributed by atoms with Gasteiger partial charge in [-0.05, 0) is 62.7 Å². The van der Waals surface area contributed by atoms with E-state index in [-0.39, 0.29) is 12.1 Å². The summed E-state index contributed by atoms with van der Waals surface area (Å²) >= 11 is 0. The molecular weight excluding hydrogens is 381 g/mol. The minimum atomic E-state index is -3.57. The molecule has 1 N–H and O–H groups in total. The molecule has 0 aliphatic rings. The number of alkyl halides is 1. The number of hydrogen-bond acceptors (Lipinski definition) is 4. The third-order valence-electron chi connectivity index (χ3n) is 4.35. The lowest BCUT2D eigenvalue weighted by molar-refractivity contribution is -0.106. The van der Waals surface area contributed by atoms with Crippen molar-refractivity contribution in [2.75, 3.05) is 11.4 Å². The molecule has 28 heavy (non-hydrogen) atoms. The number of rotatable bonds is 8. The Labute approximate surface area is 164 Å². The fourth-order valence-corrected chi connectivity index (χ4v) is 3.25. The summed E-state index contributed by atoms with van der Waals surface area (Å²) in [6.45, 7) is 3.94. The first-order valence-corrected chi connectivity index (χ1v) is 10.2. The molecule has 0 fully saturated rings. The molecule has 2 aromatic carbocycles. The first kappa shape index (κ1) is 21.5. The smallest absolute Gasteiger partial charge is 0.218 e. The number of carbonyl (C=O) groups excluding carboxylic acids is 1. The van der Waals surface area contributed by atoms with Gasteiger partial charge < -0.3 is 0 Å². The molecule has 148 valence electrons. The summed E-state index contributed by atoms with van der Waals surface area (Å²) in [4.78, 5) is 12.9. The summed E-state index contributed by atoms with van der Waals surface area (Å²) in [7, 11) is -3.57. The van der Waals surface area contributed by atoms with Gasteiger partial charge in [-0.3, -0.25) is 9.69 Å². The Morgan fingerprint density at radius 1 is 1.14 bits per heavy atom. The van der Waals surface area contributed by atoms with E-state index < -0.39 is 20.9 Å². The van der Waals surface area contributed by atoms with E-state index in [1.54, 1.807) is 36.4 Å². The van der Waals surface area contributed by atoms with Gasteiger partial charge in [0.15, 0.2) is 0 Å². The zero-order valence-electron chi connectivity index (χ0n) is 15.9. The molecule has 0 aliphatic carbocycles. The number of nitriles is 1. The van der Waals surface area contributed by atoms with E-state index in [1.807, 2.05) is 6.07 Å². The van der Waals surface area contributed by atoms with Crippen molar-refractivity contribution in [3.63, 3.8) is 0 Å². The third-order valence-corrected chi connectivity index (χ3v) is 6.14. The number of carbonyl (C=O) groups is 1. The van der Waals surface area contributed by atoms with Crippen LogP contribution in [0.3, 0.4) is 0 Å². The van der Waals surface area contributed by atoms with Gasteiger partial charge >= 0.3 is 0 Å². The SMILES string of the molecule is CC(C)S(=O)(=O)NCC(C)(F)c1ccc(N(C=O)c2ccc(C#N)cc2)cc1. The minimum absolute atomic E-state index is 0.286. The zero-order valence-corrected chi connectivity index (χ0v) is 16.7. The molecule has 1 atom stereocenters. The van der Waals surface area contributed by atoms with Crippen molar-refractivity contribution < 1.29 is 17.6 Å². The van der Waals surface area contributed by atoms with Crippen molar-refractivity contribution in [2.45, 2.75) is 31.7 Å². The summed E-state index contributed by atoms with van der Waals surface area (Å²) in [5.74, 6) is 0. The molecule has 0 bridgehead atoms. The zero-order chi connectivity index (χ0) is 20.9. The molecule has 0 aliphatic heterocycles. The Bertz CT molecular complexity index is 963. The Hall–Kier alpha value is -2.76. The van der Waals surface area contributed by atoms with E-state index >= 15 is 0 Å². The fourth-order valence-electron chi connectivity index (χ4n) is 2.44. The van der Waals surface area contributed by atoms with Crippen LogP contribution in [0.2, 0.25) is 0 Å². The maximum Gasteiger partial charge on any atom is 0.218 e. The predicted octanol–water partition coefficient (Wildman–Crippen LogP) is 3.37. The van der Waals surface area contributed by atoms with Crippen LogP contribution in [0.15, 0.2) is 48.5 Å². The monoisotopic (exact) mass is 403 g/mol. The third kappa shape index (κ3) is 4.94. The van der Waals surface area contributed by atoms with E-state index in [0.29, 0.717) is 23.3 Å². The summed E-state index contributed by atoms with van der Waals surface area (Å²) in [6.07, 6.45) is 0.627. The highest BCUT2D eigenvalue weighted by atomic mass is 32.2. The molecule has 0 heterocycles. The van der Waals surface area contributed by atoms with Crippen LogP contribution in [0.5, 0.6) is 0 Å². The van der Waals surface area contributed by atoms with E-state index in [4.69, 9.17) is 5.26 Å². The topological polar surface area (TPSA) is 90.3 Å². The number of amides is 1. The summed E-state index contributed by atoms with van der Waals surface area (Å²) in [5, 5.41) is 8.21. The lowest BCUT2D eigenvalue weighted by Gasteiger charge is -2.23. The van der Waals surface area contributed by atoms with Crippen molar-refractivity contribution >= 4 is 27.8 Å². The van der Waals surface area contributed by atoms with Crippen molar-refractivity contribution in [2.24, 2.45) is 0 Å². The van der Waals surface area contributed by atoms with Gasteiger partial charge in [0.2, 0.25) is 16.4 Å². The molecule has 0 saturated carbocycles. The molecule has 2 aromatic rings. The highest BCUT2D eigenvalue weighted by Gasteiger charge is 2.29. The van der Waals surface area contributed by atoms with E-state index in [9.17, 15) is 17.6 Å². The van der Waals surface area contributed by atoms with Gasteiger partial charge in [-0.1, -0.05) is 12.1 Å². The predicted molar refractivity (Wildman–Crippen MR) is 106 cm³/mol. The van der Waals surface area contributed by atoms with Crippen LogP contribution in [0.1, 0.15) is 31.9 Å². The van der Waals surface area contributed by atoms with Gasteiger partial charge in [-0.2, -0.15) is 5.26 Å². The van der Waals surface area contributed by atoms with Gasteiger partial charge in [0.1, 0.15) is 5.67 Å². The van der Waals surface area contributed by atoms with E-state index in [0.717, 1.165) is 0 Å². The molecular formula is C20H22FN3O3S. The summed E-state index contributed by atoms with van der Waals surface area (Å²) in [6, 6.07) is 14.7. The molecule has 6 nitrogen and oxygen atoms in total. The molecule has 0 saturated heterocycles. The molecule has 0 spiro atoms. The average Bonchev–Trinajstić information content (AvgIpc) is 2.68. The first-order chi connectivity index (χ1) is 13.1. The standard InChI is InChI=1S/C20H22FN3O3S/c1-15(2)28(26,27)23-13-20(3,21)17-6-10-19(11-7-17)24(14-25)18-8-4-16(12-22)5-9-18/h4-11,14-15,23H,13H2,1-3H3. The second-order valence-corrected chi connectivity index (χ2v) is 9.11. The maximum absolute atomic E-state index is 15.0. The Morgan fingerprint density at radius 2 is 1.64 bits per heavy atom. The highest BCUT2D eigenvalue weighted by Crippen LogP contribution is 2.29. The summed E-state index contributed by atoms with van der Waals surface area (Å²) < 4.78 is 41.0. The van der Waals surface area contributed by atoms with Crippen molar-refractivity contribution in [3.05, 3.63) is 59.7 Å². The highest BCUT2D eigenvalue weighted by molar-refractivity contribution is 7.90. The number of halogens is 1. The fraction of sp³-hybridized carbons (Fsp3) is 0.300. The van der Waals surface area contributed by atoms with Gasteiger partial charge in [0, 0.05) is 17.9 Å². The molecule has 1 amide bonds. The van der Waals surface area contributed by atoms with Crippen LogP contribution in [-0.4, -0.2) is 26.6 Å². The van der Waals surface area contributed by atoms with Crippen molar-refractivity contribution in [1.82, 2.24) is 4.72 Å². The normalized spacial score (nSPS) is 13.6. The molecule has 1 unspecified atom stereocenters. The van der Waals surface area contributed by atoms with Gasteiger partial charge in [-0.25, -0.2) is 17.5 Å². The van der Waals surface area contributed by atoms with Gasteiger partial charge in [0.25, 0.3) is 0 Å². The number of nitrogens with one attached hydrogen (secondary N) is 1. The number of anilines is 2. The van der Waals surface area contributed by atoms with Crippen molar-refractivity contribution in [1.29, 1.82) is 5.26 Å². The Kier molecular flexibility index (Phi) is 6.54.